The first-order chi connectivity index (χ1) is 16.0. The summed E-state index contributed by atoms with van der Waals surface area (Å²) in [5.74, 6) is -0.622. The second-order valence-electron chi connectivity index (χ2n) is 7.81. The van der Waals surface area contributed by atoms with Gasteiger partial charge in [-0.2, -0.15) is 5.10 Å². The molecule has 1 aliphatic heterocycles. The van der Waals surface area contributed by atoms with Crippen LogP contribution in [0, 0.1) is 0 Å². The molecule has 0 saturated heterocycles. The van der Waals surface area contributed by atoms with Gasteiger partial charge in [0.05, 0.1) is 11.4 Å². The largest absolute Gasteiger partial charge is 0.454 e. The number of carbonyl (C=O) groups is 3. The van der Waals surface area contributed by atoms with Crippen molar-refractivity contribution in [2.75, 3.05) is 18.7 Å². The van der Waals surface area contributed by atoms with Crippen LogP contribution in [0.15, 0.2) is 42.5 Å². The standard InChI is InChI=1S/C24H21N3O6/c1-14(28)17-10-20-21(33-13-32-20)11-18(17)25-22(29)12-31-24(30)23-16-8-5-9-19(16)27(26-23)15-6-3-2-4-7-15/h2-4,6-7,10-11H,5,8-9,12-13H2,1H3,(H,25,29). The lowest BCUT2D eigenvalue weighted by atomic mass is 10.1. The number of rotatable bonds is 6. The number of benzene rings is 2. The average Bonchev–Trinajstić information content (AvgIpc) is 3.53. The second-order valence-corrected chi connectivity index (χ2v) is 7.81. The molecule has 2 aliphatic rings. The molecule has 9 nitrogen and oxygen atoms in total. The van der Waals surface area contributed by atoms with Gasteiger partial charge in [0.2, 0.25) is 6.79 Å². The van der Waals surface area contributed by atoms with Crippen LogP contribution in [0.2, 0.25) is 0 Å². The van der Waals surface area contributed by atoms with E-state index in [1.54, 1.807) is 4.68 Å². The van der Waals surface area contributed by atoms with Gasteiger partial charge < -0.3 is 19.5 Å². The zero-order chi connectivity index (χ0) is 22.9. The lowest BCUT2D eigenvalue weighted by Gasteiger charge is -2.11. The van der Waals surface area contributed by atoms with Crippen LogP contribution in [-0.4, -0.2) is 40.8 Å². The van der Waals surface area contributed by atoms with Crippen molar-refractivity contribution in [1.29, 1.82) is 0 Å². The molecule has 5 rings (SSSR count). The maximum atomic E-state index is 12.8. The molecule has 0 bridgehead atoms. The highest BCUT2D eigenvalue weighted by Crippen LogP contribution is 2.37. The summed E-state index contributed by atoms with van der Waals surface area (Å²) < 4.78 is 17.6. The van der Waals surface area contributed by atoms with Crippen molar-refractivity contribution in [3.05, 3.63) is 65.0 Å². The van der Waals surface area contributed by atoms with Crippen LogP contribution in [0.5, 0.6) is 11.5 Å². The molecule has 0 fully saturated rings. The van der Waals surface area contributed by atoms with Gasteiger partial charge in [-0.15, -0.1) is 0 Å². The third-order valence-corrected chi connectivity index (χ3v) is 5.62. The molecule has 0 saturated carbocycles. The van der Waals surface area contributed by atoms with Crippen LogP contribution < -0.4 is 14.8 Å². The van der Waals surface area contributed by atoms with E-state index in [0.29, 0.717) is 11.5 Å². The Hall–Kier alpha value is -4.14. The zero-order valence-electron chi connectivity index (χ0n) is 17.9. The lowest BCUT2D eigenvalue weighted by molar-refractivity contribution is -0.119. The SMILES string of the molecule is CC(=O)c1cc2c(cc1NC(=O)COC(=O)c1nn(-c3ccccc3)c3c1CCC3)OCO2. The Kier molecular flexibility index (Phi) is 5.29. The number of nitrogens with zero attached hydrogens (tertiary/aromatic N) is 2. The minimum atomic E-state index is -0.657. The van der Waals surface area contributed by atoms with Gasteiger partial charge in [-0.25, -0.2) is 9.48 Å². The number of fused-ring (bicyclic) bond motifs is 2. The Bertz CT molecular complexity index is 1260. The number of esters is 1. The summed E-state index contributed by atoms with van der Waals surface area (Å²) in [6, 6.07) is 12.6. The fourth-order valence-corrected chi connectivity index (χ4v) is 4.11. The first kappa shape index (κ1) is 20.7. The molecule has 9 heteroatoms. The van der Waals surface area contributed by atoms with Gasteiger partial charge >= 0.3 is 5.97 Å². The third kappa shape index (κ3) is 3.93. The van der Waals surface area contributed by atoms with Crippen LogP contribution in [-0.2, 0) is 22.4 Å². The first-order valence-electron chi connectivity index (χ1n) is 10.6. The number of amides is 1. The fraction of sp³-hybridized carbons (Fsp3) is 0.250. The van der Waals surface area contributed by atoms with Gasteiger partial charge in [0.15, 0.2) is 29.6 Å². The van der Waals surface area contributed by atoms with Crippen molar-refractivity contribution in [3.63, 3.8) is 0 Å². The number of aromatic nitrogens is 2. The lowest BCUT2D eigenvalue weighted by Crippen LogP contribution is -2.22. The molecule has 0 spiro atoms. The Labute approximate surface area is 189 Å². The van der Waals surface area contributed by atoms with E-state index in [0.717, 1.165) is 36.2 Å². The summed E-state index contributed by atoms with van der Waals surface area (Å²) in [5.41, 5.74) is 3.49. The molecule has 2 aromatic carbocycles. The molecular formula is C24H21N3O6. The Morgan fingerprint density at radius 3 is 2.61 bits per heavy atom. The van der Waals surface area contributed by atoms with Gasteiger partial charge in [0.25, 0.3) is 5.91 Å². The molecule has 1 aliphatic carbocycles. The third-order valence-electron chi connectivity index (χ3n) is 5.62. The summed E-state index contributed by atoms with van der Waals surface area (Å²) in [6.07, 6.45) is 2.49. The van der Waals surface area contributed by atoms with Gasteiger partial charge in [-0.3, -0.25) is 9.59 Å². The predicted octanol–water partition coefficient (Wildman–Crippen LogP) is 3.09. The molecule has 33 heavy (non-hydrogen) atoms. The summed E-state index contributed by atoms with van der Waals surface area (Å²) in [4.78, 5) is 37.2. The van der Waals surface area contributed by atoms with Crippen molar-refractivity contribution < 1.29 is 28.6 Å². The number of hydrogen-bond acceptors (Lipinski definition) is 7. The number of nitrogens with one attached hydrogen (secondary N) is 1. The molecule has 1 amide bonds. The summed E-state index contributed by atoms with van der Waals surface area (Å²) in [6.45, 7) is 0.913. The first-order valence-corrected chi connectivity index (χ1v) is 10.6. The molecule has 0 unspecified atom stereocenters. The highest BCUT2D eigenvalue weighted by molar-refractivity contribution is 6.05. The van der Waals surface area contributed by atoms with E-state index in [4.69, 9.17) is 14.2 Å². The maximum Gasteiger partial charge on any atom is 0.359 e. The summed E-state index contributed by atoms with van der Waals surface area (Å²) in [7, 11) is 0. The molecule has 1 N–H and O–H groups in total. The van der Waals surface area contributed by atoms with Crippen molar-refractivity contribution in [1.82, 2.24) is 9.78 Å². The van der Waals surface area contributed by atoms with Crippen LogP contribution in [0.1, 0.15) is 45.4 Å². The van der Waals surface area contributed by atoms with E-state index in [1.807, 2.05) is 30.3 Å². The Morgan fingerprint density at radius 1 is 1.09 bits per heavy atom. The highest BCUT2D eigenvalue weighted by Gasteiger charge is 2.28. The quantitative estimate of drug-likeness (QED) is 0.457. The number of para-hydroxylation sites is 1. The number of Topliss-reactive ketones (excluding diaryl/α,β-unsaturated/α-hetero) is 1. The van der Waals surface area contributed by atoms with Crippen LogP contribution >= 0.6 is 0 Å². The van der Waals surface area contributed by atoms with Crippen LogP contribution in [0.4, 0.5) is 5.69 Å². The van der Waals surface area contributed by atoms with Gasteiger partial charge in [0, 0.05) is 22.9 Å². The summed E-state index contributed by atoms with van der Waals surface area (Å²) in [5, 5.41) is 7.09. The van der Waals surface area contributed by atoms with Gasteiger partial charge in [0.1, 0.15) is 0 Å². The van der Waals surface area contributed by atoms with E-state index >= 15 is 0 Å². The Morgan fingerprint density at radius 2 is 1.85 bits per heavy atom. The molecular weight excluding hydrogens is 426 g/mol. The average molecular weight is 447 g/mol. The number of anilines is 1. The normalized spacial score (nSPS) is 13.5. The molecule has 0 radical (unpaired) electrons. The topological polar surface area (TPSA) is 109 Å². The molecule has 0 atom stereocenters. The van der Waals surface area contributed by atoms with Crippen molar-refractivity contribution in [2.45, 2.75) is 26.2 Å². The molecule has 2 heterocycles. The van der Waals surface area contributed by atoms with E-state index in [2.05, 4.69) is 10.4 Å². The zero-order valence-corrected chi connectivity index (χ0v) is 17.9. The molecule has 168 valence electrons. The molecule has 3 aromatic rings. The van der Waals surface area contributed by atoms with Crippen LogP contribution in [0.3, 0.4) is 0 Å². The highest BCUT2D eigenvalue weighted by atomic mass is 16.7. The molecule has 1 aromatic heterocycles. The minimum Gasteiger partial charge on any atom is -0.454 e. The van der Waals surface area contributed by atoms with E-state index in [9.17, 15) is 14.4 Å². The second kappa shape index (κ2) is 8.42. The number of carbonyl (C=O) groups excluding carboxylic acids is 3. The van der Waals surface area contributed by atoms with Crippen molar-refractivity contribution >= 4 is 23.3 Å². The number of ketones is 1. The van der Waals surface area contributed by atoms with E-state index in [1.165, 1.54) is 19.1 Å². The predicted molar refractivity (Wildman–Crippen MR) is 117 cm³/mol. The van der Waals surface area contributed by atoms with Gasteiger partial charge in [-0.05, 0) is 44.4 Å². The number of hydrogen-bond donors (Lipinski definition) is 1. The van der Waals surface area contributed by atoms with E-state index < -0.39 is 18.5 Å². The van der Waals surface area contributed by atoms with Gasteiger partial charge in [-0.1, -0.05) is 18.2 Å². The fourth-order valence-electron chi connectivity index (χ4n) is 4.11. The van der Waals surface area contributed by atoms with Crippen molar-refractivity contribution in [2.24, 2.45) is 0 Å². The van der Waals surface area contributed by atoms with Crippen molar-refractivity contribution in [3.8, 4) is 17.2 Å². The summed E-state index contributed by atoms with van der Waals surface area (Å²) >= 11 is 0. The minimum absolute atomic E-state index is 0.0433. The Balaban J connectivity index is 1.30. The van der Waals surface area contributed by atoms with Crippen LogP contribution in [0.25, 0.3) is 5.69 Å². The van der Waals surface area contributed by atoms with E-state index in [-0.39, 0.29) is 29.5 Å². The number of ether oxygens (including phenoxy) is 3. The monoisotopic (exact) mass is 447 g/mol. The smallest absolute Gasteiger partial charge is 0.359 e. The maximum absolute atomic E-state index is 12.8.